The van der Waals surface area contributed by atoms with E-state index in [9.17, 15) is 8.42 Å². The summed E-state index contributed by atoms with van der Waals surface area (Å²) in [5.41, 5.74) is 6.31. The van der Waals surface area contributed by atoms with Crippen LogP contribution in [0.5, 0.6) is 0 Å². The molecule has 0 saturated carbocycles. The number of anilines is 2. The lowest BCUT2D eigenvalue weighted by Crippen LogP contribution is -2.12. The standard InChI is InChI=1S/C9H8BrN3O3S/c10-8-3-7(1-2-9(8)11)17(14,15)13-6-4-12-16-5-6/h1-5,13H,11H2. The summed E-state index contributed by atoms with van der Waals surface area (Å²) in [5, 5.41) is 3.40. The number of hydrogen-bond donors (Lipinski definition) is 2. The Bertz CT molecular complexity index is 625. The van der Waals surface area contributed by atoms with Gasteiger partial charge in [0, 0.05) is 10.2 Å². The van der Waals surface area contributed by atoms with E-state index in [-0.39, 0.29) is 10.6 Å². The van der Waals surface area contributed by atoms with E-state index in [0.717, 1.165) is 0 Å². The van der Waals surface area contributed by atoms with Crippen molar-refractivity contribution in [1.29, 1.82) is 0 Å². The molecule has 0 saturated heterocycles. The number of sulfonamides is 1. The zero-order valence-electron chi connectivity index (χ0n) is 8.42. The minimum atomic E-state index is -3.66. The maximum absolute atomic E-state index is 11.9. The van der Waals surface area contributed by atoms with Gasteiger partial charge in [-0.1, -0.05) is 5.16 Å². The van der Waals surface area contributed by atoms with Crippen molar-refractivity contribution in [3.8, 4) is 0 Å². The first kappa shape index (κ1) is 11.9. The van der Waals surface area contributed by atoms with E-state index in [1.165, 1.54) is 30.7 Å². The third-order valence-corrected chi connectivity index (χ3v) is 4.03. The van der Waals surface area contributed by atoms with Crippen molar-refractivity contribution in [2.45, 2.75) is 4.90 Å². The molecule has 90 valence electrons. The fourth-order valence-electron chi connectivity index (χ4n) is 1.14. The number of halogens is 1. The van der Waals surface area contributed by atoms with Crippen LogP contribution in [0, 0.1) is 0 Å². The number of nitrogens with one attached hydrogen (secondary N) is 1. The van der Waals surface area contributed by atoms with Crippen LogP contribution in [-0.4, -0.2) is 13.6 Å². The first-order valence-electron chi connectivity index (χ1n) is 4.46. The smallest absolute Gasteiger partial charge is 0.262 e. The molecule has 3 N–H and O–H groups in total. The molecule has 0 radical (unpaired) electrons. The number of hydrogen-bond acceptors (Lipinski definition) is 5. The zero-order valence-corrected chi connectivity index (χ0v) is 10.8. The molecule has 0 spiro atoms. The van der Waals surface area contributed by atoms with Gasteiger partial charge in [-0.25, -0.2) is 8.42 Å². The van der Waals surface area contributed by atoms with Gasteiger partial charge in [0.15, 0.2) is 0 Å². The number of rotatable bonds is 3. The topological polar surface area (TPSA) is 98.2 Å². The van der Waals surface area contributed by atoms with E-state index >= 15 is 0 Å². The van der Waals surface area contributed by atoms with Crippen molar-refractivity contribution in [2.24, 2.45) is 0 Å². The third-order valence-electron chi connectivity index (χ3n) is 1.97. The van der Waals surface area contributed by atoms with Gasteiger partial charge in [-0.15, -0.1) is 0 Å². The highest BCUT2D eigenvalue weighted by molar-refractivity contribution is 9.10. The molecule has 8 heteroatoms. The summed E-state index contributed by atoms with van der Waals surface area (Å²) in [6.45, 7) is 0. The molecule has 1 heterocycles. The lowest BCUT2D eigenvalue weighted by molar-refractivity contribution is 0.420. The number of nitrogens with zero attached hydrogens (tertiary/aromatic N) is 1. The van der Waals surface area contributed by atoms with Crippen LogP contribution in [0.4, 0.5) is 11.4 Å². The highest BCUT2D eigenvalue weighted by atomic mass is 79.9. The normalized spacial score (nSPS) is 11.4. The molecule has 0 aliphatic carbocycles. The molecule has 0 atom stereocenters. The van der Waals surface area contributed by atoms with E-state index in [4.69, 9.17) is 5.73 Å². The molecule has 2 rings (SSSR count). The first-order chi connectivity index (χ1) is 7.99. The minimum absolute atomic E-state index is 0.0970. The average Bonchev–Trinajstić information content (AvgIpc) is 2.73. The van der Waals surface area contributed by atoms with E-state index in [2.05, 4.69) is 30.3 Å². The number of nitrogen functional groups attached to an aromatic ring is 1. The highest BCUT2D eigenvalue weighted by Crippen LogP contribution is 2.24. The minimum Gasteiger partial charge on any atom is -0.398 e. The van der Waals surface area contributed by atoms with Crippen molar-refractivity contribution in [1.82, 2.24) is 5.16 Å². The van der Waals surface area contributed by atoms with Crippen LogP contribution in [0.15, 0.2) is 44.6 Å². The Morgan fingerprint density at radius 1 is 1.41 bits per heavy atom. The van der Waals surface area contributed by atoms with Gasteiger partial charge in [0.05, 0.1) is 11.1 Å². The quantitative estimate of drug-likeness (QED) is 0.841. The predicted molar refractivity (Wildman–Crippen MR) is 65.9 cm³/mol. The van der Waals surface area contributed by atoms with Crippen LogP contribution >= 0.6 is 15.9 Å². The third kappa shape index (κ3) is 2.59. The maximum Gasteiger partial charge on any atom is 0.262 e. The molecule has 0 amide bonds. The SMILES string of the molecule is Nc1ccc(S(=O)(=O)Nc2cnoc2)cc1Br. The van der Waals surface area contributed by atoms with E-state index in [1.54, 1.807) is 0 Å². The van der Waals surface area contributed by atoms with Gasteiger partial charge in [-0.3, -0.25) is 4.72 Å². The predicted octanol–water partition coefficient (Wildman–Crippen LogP) is 1.82. The lowest BCUT2D eigenvalue weighted by atomic mass is 10.3. The van der Waals surface area contributed by atoms with E-state index < -0.39 is 10.0 Å². The second-order valence-electron chi connectivity index (χ2n) is 3.20. The summed E-state index contributed by atoms with van der Waals surface area (Å²) in [7, 11) is -3.66. The lowest BCUT2D eigenvalue weighted by Gasteiger charge is -2.06. The van der Waals surface area contributed by atoms with Gasteiger partial charge in [-0.2, -0.15) is 0 Å². The monoisotopic (exact) mass is 317 g/mol. The molecule has 0 unspecified atom stereocenters. The molecule has 0 fully saturated rings. The fourth-order valence-corrected chi connectivity index (χ4v) is 2.72. The van der Waals surface area contributed by atoms with Gasteiger partial charge in [0.25, 0.3) is 10.0 Å². The summed E-state index contributed by atoms with van der Waals surface area (Å²) < 4.78 is 31.2. The molecule has 6 nitrogen and oxygen atoms in total. The molecular weight excluding hydrogens is 310 g/mol. The largest absolute Gasteiger partial charge is 0.398 e. The Hall–Kier alpha value is -1.54. The molecule has 0 aliphatic heterocycles. The van der Waals surface area contributed by atoms with Crippen molar-refractivity contribution in [3.05, 3.63) is 35.1 Å². The summed E-state index contributed by atoms with van der Waals surface area (Å²) in [6, 6.07) is 4.34. The van der Waals surface area contributed by atoms with Gasteiger partial charge < -0.3 is 10.3 Å². The zero-order chi connectivity index (χ0) is 12.5. The van der Waals surface area contributed by atoms with Crippen molar-refractivity contribution in [3.63, 3.8) is 0 Å². The van der Waals surface area contributed by atoms with Gasteiger partial charge >= 0.3 is 0 Å². The Labute approximate surface area is 106 Å². The van der Waals surface area contributed by atoms with Crippen LogP contribution in [0.25, 0.3) is 0 Å². The summed E-state index contributed by atoms with van der Waals surface area (Å²) in [5.74, 6) is 0. The second kappa shape index (κ2) is 4.38. The summed E-state index contributed by atoms with van der Waals surface area (Å²) in [6.07, 6.45) is 2.47. The summed E-state index contributed by atoms with van der Waals surface area (Å²) >= 11 is 3.17. The number of aromatic nitrogens is 1. The first-order valence-corrected chi connectivity index (χ1v) is 6.74. The van der Waals surface area contributed by atoms with Gasteiger partial charge in [-0.05, 0) is 34.1 Å². The Morgan fingerprint density at radius 2 is 2.18 bits per heavy atom. The molecular formula is C9H8BrN3O3S. The van der Waals surface area contributed by atoms with E-state index in [0.29, 0.717) is 10.2 Å². The average molecular weight is 318 g/mol. The van der Waals surface area contributed by atoms with Crippen LogP contribution < -0.4 is 10.5 Å². The van der Waals surface area contributed by atoms with Gasteiger partial charge in [0.2, 0.25) is 0 Å². The molecule has 1 aromatic carbocycles. The molecule has 1 aromatic heterocycles. The van der Waals surface area contributed by atoms with Crippen LogP contribution in [0.3, 0.4) is 0 Å². The Balaban J connectivity index is 2.35. The van der Waals surface area contributed by atoms with Crippen molar-refractivity contribution >= 4 is 37.3 Å². The Kier molecular flexibility index (Phi) is 3.07. The fraction of sp³-hybridized carbons (Fsp3) is 0. The number of nitrogens with two attached hydrogens (primary N) is 1. The van der Waals surface area contributed by atoms with Crippen LogP contribution in [0.1, 0.15) is 0 Å². The van der Waals surface area contributed by atoms with Crippen LogP contribution in [-0.2, 0) is 10.0 Å². The number of benzene rings is 1. The van der Waals surface area contributed by atoms with Gasteiger partial charge in [0.1, 0.15) is 12.0 Å². The Morgan fingerprint density at radius 3 is 2.76 bits per heavy atom. The molecule has 0 bridgehead atoms. The van der Waals surface area contributed by atoms with Crippen LogP contribution in [0.2, 0.25) is 0 Å². The molecule has 17 heavy (non-hydrogen) atoms. The van der Waals surface area contributed by atoms with Crippen molar-refractivity contribution < 1.29 is 12.9 Å². The molecule has 2 aromatic rings. The molecule has 0 aliphatic rings. The second-order valence-corrected chi connectivity index (χ2v) is 5.74. The summed E-state index contributed by atoms with van der Waals surface area (Å²) in [4.78, 5) is 0.0970. The van der Waals surface area contributed by atoms with E-state index in [1.807, 2.05) is 0 Å². The highest BCUT2D eigenvalue weighted by Gasteiger charge is 2.16. The maximum atomic E-state index is 11.9. The van der Waals surface area contributed by atoms with Crippen molar-refractivity contribution in [2.75, 3.05) is 10.5 Å².